The zero-order chi connectivity index (χ0) is 31.3. The van der Waals surface area contributed by atoms with E-state index in [1.165, 1.54) is 18.5 Å². The van der Waals surface area contributed by atoms with Crippen LogP contribution in [0.5, 0.6) is 11.5 Å². The zero-order valence-corrected chi connectivity index (χ0v) is 26.4. The fourth-order valence-electron chi connectivity index (χ4n) is 5.47. The van der Waals surface area contributed by atoms with Gasteiger partial charge in [0.15, 0.2) is 17.4 Å². The average Bonchev–Trinajstić information content (AvgIpc) is 3.12. The zero-order valence-electron chi connectivity index (χ0n) is 26.4. The number of nitrogens with zero attached hydrogens (tertiary/aromatic N) is 6. The third-order valence-electron chi connectivity index (χ3n) is 7.51. The Hall–Kier alpha value is -4.20. The molecular formula is C33H36LiN7O4-2. The Morgan fingerprint density at radius 2 is 2.13 bits per heavy atom. The van der Waals surface area contributed by atoms with Crippen molar-refractivity contribution in [1.29, 1.82) is 0 Å². The van der Waals surface area contributed by atoms with E-state index in [0.717, 1.165) is 43.0 Å². The van der Waals surface area contributed by atoms with Gasteiger partial charge in [-0.05, 0) is 70.2 Å². The predicted molar refractivity (Wildman–Crippen MR) is 171 cm³/mol. The monoisotopic (exact) mass is 601 g/mol. The summed E-state index contributed by atoms with van der Waals surface area (Å²) in [5, 5.41) is 12.0. The van der Waals surface area contributed by atoms with Crippen LogP contribution >= 0.6 is 0 Å². The van der Waals surface area contributed by atoms with E-state index in [1.807, 2.05) is 52.0 Å². The minimum absolute atomic E-state index is 0. The Kier molecular flexibility index (Phi) is 11.0. The van der Waals surface area contributed by atoms with Crippen LogP contribution in [0.15, 0.2) is 53.5 Å². The van der Waals surface area contributed by atoms with Crippen LogP contribution in [0.3, 0.4) is 0 Å². The maximum Gasteiger partial charge on any atom is 1.00 e. The Bertz CT molecular complexity index is 1620. The summed E-state index contributed by atoms with van der Waals surface area (Å²) in [6.45, 7) is 15.4. The van der Waals surface area contributed by atoms with Gasteiger partial charge in [-0.2, -0.15) is 6.08 Å². The summed E-state index contributed by atoms with van der Waals surface area (Å²) in [6, 6.07) is 7.53. The number of anilines is 3. The number of aromatic nitrogens is 3. The van der Waals surface area contributed by atoms with Crippen molar-refractivity contribution in [1.82, 2.24) is 15.0 Å². The molecule has 3 aromatic rings. The number of nitrogens with one attached hydrogen (secondary N) is 1. The SMILES string of the molecule is [CH-]=C/C(=C\[C-]=NC=[N-])Oc1ccc(Nc2ncnc3cc4c(nc23)N2CCC(CCC(=O)OC(C)(C)C)[C@@H](CO4)C2)cc1C.[Li+]. The number of allylic oxidation sites excluding steroid dienone is 2. The molecule has 2 bridgehead atoms. The first-order chi connectivity index (χ1) is 21.1. The van der Waals surface area contributed by atoms with E-state index in [9.17, 15) is 4.79 Å². The molecule has 1 aromatic carbocycles. The number of hydrogen-bond donors (Lipinski definition) is 1. The molecule has 230 valence electrons. The van der Waals surface area contributed by atoms with Gasteiger partial charge in [-0.15, -0.1) is 6.08 Å². The van der Waals surface area contributed by atoms with Crippen LogP contribution < -0.4 is 38.6 Å². The second-order valence-corrected chi connectivity index (χ2v) is 11.9. The van der Waals surface area contributed by atoms with E-state index in [2.05, 4.69) is 31.4 Å². The van der Waals surface area contributed by atoms with Crippen molar-refractivity contribution in [2.75, 3.05) is 29.9 Å². The topological polar surface area (TPSA) is 133 Å². The largest absolute Gasteiger partial charge is 1.00 e. The number of esters is 1. The van der Waals surface area contributed by atoms with Crippen molar-refractivity contribution in [3.63, 3.8) is 0 Å². The number of aryl methyl sites for hydroxylation is 1. The molecule has 2 aromatic heterocycles. The molecule has 0 aliphatic carbocycles. The standard InChI is InChI=1S/C33H36N7O4.Li/c1-6-25(11-13-35-19-34)43-27-9-8-24(15-21(27)2)38-31-30-26(36-20-37-31)16-28-32(39-30)40-14-12-22(23(17-40)18-42-28)7-10-29(41)44-33(3,4)5;/h1,6,8-9,11,15-16,19-20,22-23H,7,10,12,14,17-18H2,2-5H3,(H,36,37,38);/q-3;+1/b25-11+;/t22?,23-;/m1./s1. The van der Waals surface area contributed by atoms with Crippen LogP contribution in [0.1, 0.15) is 45.6 Å². The third-order valence-corrected chi connectivity index (χ3v) is 7.51. The van der Waals surface area contributed by atoms with Crippen molar-refractivity contribution < 1.29 is 37.9 Å². The van der Waals surface area contributed by atoms with Gasteiger partial charge in [-0.25, -0.2) is 27.5 Å². The third kappa shape index (κ3) is 8.50. The molecule has 2 aliphatic heterocycles. The number of fused-ring (bicyclic) bond motifs is 5. The van der Waals surface area contributed by atoms with Crippen molar-refractivity contribution in [2.45, 2.75) is 52.6 Å². The second-order valence-electron chi connectivity index (χ2n) is 11.9. The molecule has 5 rings (SSSR count). The Labute approximate surface area is 275 Å². The summed E-state index contributed by atoms with van der Waals surface area (Å²) in [6.07, 6.45) is 9.47. The van der Waals surface area contributed by atoms with Crippen molar-refractivity contribution in [3.05, 3.63) is 66.1 Å². The van der Waals surface area contributed by atoms with Gasteiger partial charge in [0.05, 0.1) is 12.1 Å². The molecule has 4 heterocycles. The first-order valence-corrected chi connectivity index (χ1v) is 14.6. The van der Waals surface area contributed by atoms with E-state index in [0.29, 0.717) is 59.4 Å². The number of ether oxygens (including phenoxy) is 3. The van der Waals surface area contributed by atoms with Gasteiger partial charge in [0.2, 0.25) is 0 Å². The molecule has 12 heteroatoms. The fourth-order valence-corrected chi connectivity index (χ4v) is 5.47. The van der Waals surface area contributed by atoms with Gasteiger partial charge in [0.1, 0.15) is 23.2 Å². The van der Waals surface area contributed by atoms with Crippen LogP contribution in [0, 0.1) is 25.3 Å². The molecule has 1 unspecified atom stereocenters. The smallest absolute Gasteiger partial charge is 0.577 e. The van der Waals surface area contributed by atoms with Crippen LogP contribution in [-0.4, -0.2) is 58.8 Å². The van der Waals surface area contributed by atoms with E-state index >= 15 is 0 Å². The first-order valence-electron chi connectivity index (χ1n) is 14.6. The summed E-state index contributed by atoms with van der Waals surface area (Å²) in [4.78, 5) is 32.1. The van der Waals surface area contributed by atoms with Crippen LogP contribution in [0.2, 0.25) is 0 Å². The van der Waals surface area contributed by atoms with Crippen molar-refractivity contribution in [3.8, 4) is 11.5 Å². The minimum Gasteiger partial charge on any atom is -0.577 e. The van der Waals surface area contributed by atoms with Crippen LogP contribution in [0.4, 0.5) is 17.3 Å². The molecule has 0 spiro atoms. The molecule has 1 N–H and O–H groups in total. The summed E-state index contributed by atoms with van der Waals surface area (Å²) in [5.74, 6) is 3.46. The number of rotatable bonds is 10. The maximum absolute atomic E-state index is 12.3. The van der Waals surface area contributed by atoms with Crippen LogP contribution in [-0.2, 0) is 9.53 Å². The number of benzene rings is 1. The fraction of sp³-hybridized carbons (Fsp3) is 0.394. The Morgan fingerprint density at radius 1 is 1.31 bits per heavy atom. The molecule has 2 atom stereocenters. The molecule has 2 aliphatic rings. The molecular weight excluding hydrogens is 565 g/mol. The number of hydrogen-bond acceptors (Lipinski definition) is 9. The average molecular weight is 602 g/mol. The number of piperidine rings is 1. The normalized spacial score (nSPS) is 17.9. The minimum atomic E-state index is -0.477. The Balaban J connectivity index is 0.00000461. The number of carbonyl (C=O) groups excluding carboxylic acids is 1. The second kappa shape index (κ2) is 14.7. The van der Waals surface area contributed by atoms with Gasteiger partial charge < -0.3 is 34.8 Å². The van der Waals surface area contributed by atoms with Gasteiger partial charge >= 0.3 is 24.8 Å². The van der Waals surface area contributed by atoms with Gasteiger partial charge in [-0.3, -0.25) is 11.4 Å². The van der Waals surface area contributed by atoms with Gasteiger partial charge in [-0.1, -0.05) is 0 Å². The molecule has 11 nitrogen and oxygen atoms in total. The van der Waals surface area contributed by atoms with Gasteiger partial charge in [0.25, 0.3) is 0 Å². The summed E-state index contributed by atoms with van der Waals surface area (Å²) < 4.78 is 17.6. The first kappa shape index (κ1) is 33.7. The summed E-state index contributed by atoms with van der Waals surface area (Å²) in [5.41, 5.74) is 2.47. The summed E-state index contributed by atoms with van der Waals surface area (Å²) >= 11 is 0. The number of aliphatic imine (C=N–C) groups is 1. The van der Waals surface area contributed by atoms with Gasteiger partial charge in [0, 0.05) is 42.9 Å². The quantitative estimate of drug-likeness (QED) is 0.0708. The molecule has 0 saturated carbocycles. The van der Waals surface area contributed by atoms with E-state index in [-0.39, 0.29) is 30.7 Å². The summed E-state index contributed by atoms with van der Waals surface area (Å²) in [7, 11) is 0. The Morgan fingerprint density at radius 3 is 2.87 bits per heavy atom. The van der Waals surface area contributed by atoms with Crippen LogP contribution in [0.25, 0.3) is 16.4 Å². The maximum atomic E-state index is 12.3. The molecule has 0 radical (unpaired) electrons. The molecule has 1 saturated heterocycles. The number of carbonyl (C=O) groups is 1. The number of pyridine rings is 1. The van der Waals surface area contributed by atoms with E-state index in [1.54, 1.807) is 0 Å². The molecule has 0 amide bonds. The molecule has 45 heavy (non-hydrogen) atoms. The van der Waals surface area contributed by atoms with Crippen molar-refractivity contribution in [2.24, 2.45) is 16.8 Å². The van der Waals surface area contributed by atoms with E-state index in [4.69, 9.17) is 31.2 Å². The molecule has 1 fully saturated rings. The van der Waals surface area contributed by atoms with Crippen molar-refractivity contribution >= 4 is 46.9 Å². The predicted octanol–water partition coefficient (Wildman–Crippen LogP) is 2.84. The van der Waals surface area contributed by atoms with E-state index < -0.39 is 5.60 Å².